The van der Waals surface area contributed by atoms with E-state index in [4.69, 9.17) is 0 Å². The monoisotopic (exact) mass is 422 g/mol. The molecule has 2 rings (SSSR count). The summed E-state index contributed by atoms with van der Waals surface area (Å²) in [4.78, 5) is 10.1. The first-order valence-electron chi connectivity index (χ1n) is 5.97. The number of aromatic hydroxyl groups is 1. The fourth-order valence-electron chi connectivity index (χ4n) is 1.78. The molecule has 0 amide bonds. The molecule has 0 aliphatic heterocycles. The number of nitrogens with zero attached hydrogens (tertiary/aromatic N) is 2. The number of phenols is 1. The molecule has 0 saturated carbocycles. The Bertz CT molecular complexity index is 786. The normalized spacial score (nSPS) is 11.0. The Kier molecular flexibility index (Phi) is 4.96. The lowest BCUT2D eigenvalue weighted by Gasteiger charge is -2.04. The summed E-state index contributed by atoms with van der Waals surface area (Å²) in [6, 6.07) is 11.2. The standard InChI is InChI=1S/C15H8Br2N2O3/c16-13-6-9(7-14(17)15(13)20)5-11(8-18)10-1-3-12(4-2-10)19(21)22/h1-7,20H/b11-5+. The summed E-state index contributed by atoms with van der Waals surface area (Å²) in [6.07, 6.45) is 1.64. The Labute approximate surface area is 142 Å². The predicted molar refractivity (Wildman–Crippen MR) is 90.1 cm³/mol. The quantitative estimate of drug-likeness (QED) is 0.329. The van der Waals surface area contributed by atoms with Crippen LogP contribution in [0.3, 0.4) is 0 Å². The van der Waals surface area contributed by atoms with Crippen LogP contribution in [0.4, 0.5) is 5.69 Å². The van der Waals surface area contributed by atoms with Crippen molar-refractivity contribution >= 4 is 49.2 Å². The van der Waals surface area contributed by atoms with E-state index in [2.05, 4.69) is 37.9 Å². The molecule has 0 aliphatic rings. The fraction of sp³-hybridized carbons (Fsp3) is 0. The summed E-state index contributed by atoms with van der Waals surface area (Å²) in [5.74, 6) is 0.0750. The third-order valence-electron chi connectivity index (χ3n) is 2.86. The van der Waals surface area contributed by atoms with Crippen LogP contribution in [0.15, 0.2) is 45.3 Å². The first kappa shape index (κ1) is 16.2. The number of nitriles is 1. The topological polar surface area (TPSA) is 87.2 Å². The van der Waals surface area contributed by atoms with E-state index in [1.807, 2.05) is 0 Å². The summed E-state index contributed by atoms with van der Waals surface area (Å²) in [6.45, 7) is 0. The van der Waals surface area contributed by atoms with Crippen molar-refractivity contribution in [1.29, 1.82) is 5.26 Å². The second-order valence-corrected chi connectivity index (χ2v) is 6.02. The summed E-state index contributed by atoms with van der Waals surface area (Å²) >= 11 is 6.45. The molecule has 0 spiro atoms. The van der Waals surface area contributed by atoms with Crippen molar-refractivity contribution in [1.82, 2.24) is 0 Å². The second-order valence-electron chi connectivity index (χ2n) is 4.31. The van der Waals surface area contributed by atoms with Crippen molar-refractivity contribution in [2.75, 3.05) is 0 Å². The molecule has 0 aromatic heterocycles. The van der Waals surface area contributed by atoms with Crippen LogP contribution in [-0.2, 0) is 0 Å². The zero-order chi connectivity index (χ0) is 16.3. The first-order valence-corrected chi connectivity index (χ1v) is 7.55. The summed E-state index contributed by atoms with van der Waals surface area (Å²) in [7, 11) is 0. The highest BCUT2D eigenvalue weighted by atomic mass is 79.9. The molecule has 0 radical (unpaired) electrons. The van der Waals surface area contributed by atoms with Crippen molar-refractivity contribution < 1.29 is 10.0 Å². The number of phenolic OH excluding ortho intramolecular Hbond substituents is 1. The van der Waals surface area contributed by atoms with E-state index in [0.717, 1.165) is 0 Å². The van der Waals surface area contributed by atoms with Gasteiger partial charge in [-0.15, -0.1) is 0 Å². The van der Waals surface area contributed by atoms with Gasteiger partial charge in [0, 0.05) is 12.1 Å². The van der Waals surface area contributed by atoms with E-state index in [-0.39, 0.29) is 11.4 Å². The third kappa shape index (κ3) is 3.53. The Morgan fingerprint density at radius 3 is 2.23 bits per heavy atom. The number of allylic oxidation sites excluding steroid dienone is 1. The lowest BCUT2D eigenvalue weighted by Crippen LogP contribution is -1.88. The van der Waals surface area contributed by atoms with E-state index >= 15 is 0 Å². The van der Waals surface area contributed by atoms with Gasteiger partial charge in [0.2, 0.25) is 0 Å². The zero-order valence-corrected chi connectivity index (χ0v) is 14.1. The van der Waals surface area contributed by atoms with Crippen LogP contribution in [0.2, 0.25) is 0 Å². The van der Waals surface area contributed by atoms with Crippen molar-refractivity contribution in [2.45, 2.75) is 0 Å². The molecule has 0 heterocycles. The first-order chi connectivity index (χ1) is 10.4. The number of hydrogen-bond acceptors (Lipinski definition) is 4. The number of halogens is 2. The van der Waals surface area contributed by atoms with Gasteiger partial charge in [-0.05, 0) is 73.3 Å². The van der Waals surface area contributed by atoms with Crippen molar-refractivity contribution in [3.63, 3.8) is 0 Å². The Morgan fingerprint density at radius 2 is 1.77 bits per heavy atom. The van der Waals surface area contributed by atoms with Crippen LogP contribution in [0.1, 0.15) is 11.1 Å². The van der Waals surface area contributed by atoms with Gasteiger partial charge in [-0.1, -0.05) is 0 Å². The number of hydrogen-bond donors (Lipinski definition) is 1. The second kappa shape index (κ2) is 6.73. The molecule has 0 fully saturated rings. The molecule has 0 saturated heterocycles. The number of non-ortho nitro benzene ring substituents is 1. The van der Waals surface area contributed by atoms with Gasteiger partial charge in [0.15, 0.2) is 0 Å². The van der Waals surface area contributed by atoms with E-state index < -0.39 is 4.92 Å². The molecule has 0 unspecified atom stereocenters. The van der Waals surface area contributed by atoms with Crippen LogP contribution in [0.25, 0.3) is 11.6 Å². The zero-order valence-electron chi connectivity index (χ0n) is 11.0. The van der Waals surface area contributed by atoms with Crippen molar-refractivity contribution in [2.24, 2.45) is 0 Å². The number of benzene rings is 2. The summed E-state index contributed by atoms with van der Waals surface area (Å²) in [5.41, 5.74) is 1.61. The predicted octanol–water partition coefficient (Wildman–Crippen LogP) is 4.89. The molecule has 110 valence electrons. The van der Waals surface area contributed by atoms with Crippen LogP contribution in [-0.4, -0.2) is 10.0 Å². The minimum Gasteiger partial charge on any atom is -0.506 e. The van der Waals surface area contributed by atoms with E-state index in [9.17, 15) is 20.5 Å². The maximum Gasteiger partial charge on any atom is 0.269 e. The molecular formula is C15H8Br2N2O3. The molecule has 1 N–H and O–H groups in total. The van der Waals surface area contributed by atoms with Crippen LogP contribution < -0.4 is 0 Å². The number of nitro groups is 1. The smallest absolute Gasteiger partial charge is 0.269 e. The molecule has 22 heavy (non-hydrogen) atoms. The van der Waals surface area contributed by atoms with Gasteiger partial charge in [-0.25, -0.2) is 0 Å². The third-order valence-corrected chi connectivity index (χ3v) is 4.07. The maximum absolute atomic E-state index is 10.6. The van der Waals surface area contributed by atoms with Gasteiger partial charge < -0.3 is 5.11 Å². The van der Waals surface area contributed by atoms with E-state index in [0.29, 0.717) is 25.6 Å². The fourth-order valence-corrected chi connectivity index (χ4v) is 3.00. The van der Waals surface area contributed by atoms with Gasteiger partial charge in [-0.2, -0.15) is 5.26 Å². The molecule has 5 nitrogen and oxygen atoms in total. The lowest BCUT2D eigenvalue weighted by atomic mass is 10.0. The molecule has 2 aromatic carbocycles. The Morgan fingerprint density at radius 1 is 1.23 bits per heavy atom. The number of rotatable bonds is 3. The molecule has 2 aromatic rings. The highest BCUT2D eigenvalue weighted by Gasteiger charge is 2.09. The highest BCUT2D eigenvalue weighted by Crippen LogP contribution is 2.34. The minimum absolute atomic E-state index is 0.0313. The Balaban J connectivity index is 2.44. The summed E-state index contributed by atoms with van der Waals surface area (Å²) < 4.78 is 0.989. The molecule has 0 bridgehead atoms. The largest absolute Gasteiger partial charge is 0.506 e. The van der Waals surface area contributed by atoms with E-state index in [1.54, 1.807) is 18.2 Å². The molecule has 7 heteroatoms. The van der Waals surface area contributed by atoms with Crippen LogP contribution >= 0.6 is 31.9 Å². The minimum atomic E-state index is -0.492. The van der Waals surface area contributed by atoms with Crippen molar-refractivity contribution in [3.8, 4) is 11.8 Å². The van der Waals surface area contributed by atoms with Crippen LogP contribution in [0, 0.1) is 21.4 Å². The lowest BCUT2D eigenvalue weighted by molar-refractivity contribution is -0.384. The van der Waals surface area contributed by atoms with Crippen molar-refractivity contribution in [3.05, 3.63) is 66.6 Å². The van der Waals surface area contributed by atoms with Gasteiger partial charge in [0.05, 0.1) is 25.5 Å². The average Bonchev–Trinajstić information content (AvgIpc) is 2.50. The SMILES string of the molecule is N#C/C(=C\c1cc(Br)c(O)c(Br)c1)c1ccc([N+](=O)[O-])cc1. The van der Waals surface area contributed by atoms with Gasteiger partial charge in [0.1, 0.15) is 5.75 Å². The molecule has 0 aliphatic carbocycles. The molecule has 0 atom stereocenters. The summed E-state index contributed by atoms with van der Waals surface area (Å²) in [5, 5.41) is 29.6. The number of nitro benzene ring substituents is 1. The van der Waals surface area contributed by atoms with Gasteiger partial charge >= 0.3 is 0 Å². The Hall–Kier alpha value is -2.17. The average molecular weight is 424 g/mol. The maximum atomic E-state index is 10.6. The molecular weight excluding hydrogens is 416 g/mol. The van der Waals surface area contributed by atoms with Crippen LogP contribution in [0.5, 0.6) is 5.75 Å². The van der Waals surface area contributed by atoms with E-state index in [1.165, 1.54) is 24.3 Å². The van der Waals surface area contributed by atoms with Gasteiger partial charge in [-0.3, -0.25) is 10.1 Å². The highest BCUT2D eigenvalue weighted by molar-refractivity contribution is 9.11. The van der Waals surface area contributed by atoms with Gasteiger partial charge in [0.25, 0.3) is 5.69 Å².